The van der Waals surface area contributed by atoms with E-state index in [1.807, 2.05) is 24.3 Å². The summed E-state index contributed by atoms with van der Waals surface area (Å²) >= 11 is 9.45. The van der Waals surface area contributed by atoms with Gasteiger partial charge >= 0.3 is 0 Å². The molecule has 1 aliphatic heterocycles. The highest BCUT2D eigenvalue weighted by atomic mass is 79.9. The molecular weight excluding hydrogens is 380 g/mol. The van der Waals surface area contributed by atoms with Gasteiger partial charge in [0.2, 0.25) is 5.91 Å². The van der Waals surface area contributed by atoms with Crippen molar-refractivity contribution in [1.29, 1.82) is 0 Å². The third kappa shape index (κ3) is 3.51. The maximum Gasteiger partial charge on any atom is 0.262 e. The second-order valence-corrected chi connectivity index (χ2v) is 6.43. The van der Waals surface area contributed by atoms with Gasteiger partial charge in [0.15, 0.2) is 0 Å². The summed E-state index contributed by atoms with van der Waals surface area (Å²) in [6.45, 7) is 0.254. The average molecular weight is 392 g/mol. The van der Waals surface area contributed by atoms with Crippen LogP contribution in [0.5, 0.6) is 0 Å². The zero-order valence-electron chi connectivity index (χ0n) is 11.9. The molecule has 2 amide bonds. The predicted molar refractivity (Wildman–Crippen MR) is 91.2 cm³/mol. The molecule has 0 saturated heterocycles. The van der Waals surface area contributed by atoms with Gasteiger partial charge in [0.25, 0.3) is 5.91 Å². The molecule has 0 aromatic heterocycles. The molecule has 0 bridgehead atoms. The lowest BCUT2D eigenvalue weighted by Gasteiger charge is -2.13. The first-order valence-corrected chi connectivity index (χ1v) is 8.13. The third-order valence-corrected chi connectivity index (χ3v) is 4.38. The van der Waals surface area contributed by atoms with E-state index in [2.05, 4.69) is 26.2 Å². The summed E-state index contributed by atoms with van der Waals surface area (Å²) in [5, 5.41) is 4.67. The lowest BCUT2D eigenvalue weighted by molar-refractivity contribution is -0.131. The van der Waals surface area contributed by atoms with E-state index < -0.39 is 11.8 Å². The van der Waals surface area contributed by atoms with Crippen LogP contribution in [-0.4, -0.2) is 11.8 Å². The van der Waals surface area contributed by atoms with Gasteiger partial charge in [-0.05, 0) is 29.0 Å². The van der Waals surface area contributed by atoms with E-state index >= 15 is 0 Å². The van der Waals surface area contributed by atoms with Gasteiger partial charge in [-0.2, -0.15) is 0 Å². The molecule has 2 aromatic rings. The van der Waals surface area contributed by atoms with Gasteiger partial charge in [0.05, 0.1) is 5.36 Å². The normalized spacial score (nSPS) is 16.1. The summed E-state index contributed by atoms with van der Waals surface area (Å²) in [4.78, 5) is 28.3. The molecule has 0 aliphatic carbocycles. The van der Waals surface area contributed by atoms with Gasteiger partial charge in [0, 0.05) is 16.0 Å². The number of benzene rings is 2. The van der Waals surface area contributed by atoms with Crippen LogP contribution in [0.15, 0.2) is 51.9 Å². The molecule has 2 aromatic carbocycles. The Balaban J connectivity index is 1.76. The minimum Gasteiger partial charge on any atom is -0.351 e. The van der Waals surface area contributed by atoms with Gasteiger partial charge in [0.1, 0.15) is 5.92 Å². The van der Waals surface area contributed by atoms with Crippen LogP contribution in [0.1, 0.15) is 5.56 Å². The van der Waals surface area contributed by atoms with E-state index in [9.17, 15) is 9.59 Å². The zero-order chi connectivity index (χ0) is 16.4. The highest BCUT2D eigenvalue weighted by molar-refractivity contribution is 9.10. The van der Waals surface area contributed by atoms with Crippen LogP contribution in [0.25, 0.3) is 6.08 Å². The Hall–Kier alpha value is -1.98. The van der Waals surface area contributed by atoms with Gasteiger partial charge in [-0.25, -0.2) is 4.99 Å². The smallest absolute Gasteiger partial charge is 0.262 e. The average Bonchev–Trinajstić information content (AvgIpc) is 2.53. The Morgan fingerprint density at radius 2 is 2.04 bits per heavy atom. The Bertz CT molecular complexity index is 911. The van der Waals surface area contributed by atoms with Crippen LogP contribution >= 0.6 is 27.5 Å². The number of carbonyl (C=O) groups is 2. The number of hydrogen-bond donors (Lipinski definition) is 1. The minimum absolute atomic E-state index is 0.254. The second-order valence-electron chi connectivity index (χ2n) is 5.11. The number of halogens is 2. The van der Waals surface area contributed by atoms with E-state index in [0.29, 0.717) is 10.4 Å². The maximum atomic E-state index is 12.3. The van der Waals surface area contributed by atoms with Crippen molar-refractivity contribution in [3.05, 3.63) is 68.1 Å². The van der Waals surface area contributed by atoms with Crippen LogP contribution in [0.4, 0.5) is 0 Å². The monoisotopic (exact) mass is 390 g/mol. The SMILES string of the molecule is O=C1N=c2ccccc2=CC1C(=O)NCc1ccc(Br)cc1Cl. The molecule has 116 valence electrons. The first-order valence-electron chi connectivity index (χ1n) is 6.96. The molecule has 1 aliphatic rings. The molecule has 4 nitrogen and oxygen atoms in total. The summed E-state index contributed by atoms with van der Waals surface area (Å²) in [5.41, 5.74) is 0.781. The van der Waals surface area contributed by atoms with Crippen molar-refractivity contribution in [2.75, 3.05) is 0 Å². The standard InChI is InChI=1S/C17H12BrClN2O2/c18-12-6-5-11(14(19)8-12)9-20-16(22)13-7-10-3-1-2-4-15(10)21-17(13)23/h1-8,13H,9H2,(H,20,22). The molecule has 1 atom stereocenters. The fourth-order valence-corrected chi connectivity index (χ4v) is 3.05. The fraction of sp³-hybridized carbons (Fsp3) is 0.118. The largest absolute Gasteiger partial charge is 0.351 e. The first kappa shape index (κ1) is 15.9. The van der Waals surface area contributed by atoms with Crippen LogP contribution in [0.2, 0.25) is 5.02 Å². The topological polar surface area (TPSA) is 58.5 Å². The maximum absolute atomic E-state index is 12.3. The molecular formula is C17H12BrClN2O2. The Morgan fingerprint density at radius 1 is 1.26 bits per heavy atom. The summed E-state index contributed by atoms with van der Waals surface area (Å²) in [7, 11) is 0. The van der Waals surface area contributed by atoms with Crippen molar-refractivity contribution in [3.8, 4) is 0 Å². The van der Waals surface area contributed by atoms with Crippen LogP contribution in [0.3, 0.4) is 0 Å². The highest BCUT2D eigenvalue weighted by Crippen LogP contribution is 2.21. The number of hydrogen-bond acceptors (Lipinski definition) is 2. The molecule has 0 saturated carbocycles. The molecule has 1 N–H and O–H groups in total. The molecule has 0 spiro atoms. The quantitative estimate of drug-likeness (QED) is 0.813. The molecule has 6 heteroatoms. The van der Waals surface area contributed by atoms with Gasteiger partial charge in [-0.3, -0.25) is 9.59 Å². The lowest BCUT2D eigenvalue weighted by atomic mass is 10.0. The Morgan fingerprint density at radius 3 is 2.83 bits per heavy atom. The van der Waals surface area contributed by atoms with Gasteiger partial charge in [-0.1, -0.05) is 57.9 Å². The number of carbonyl (C=O) groups excluding carboxylic acids is 2. The predicted octanol–water partition coefficient (Wildman–Crippen LogP) is 1.98. The zero-order valence-corrected chi connectivity index (χ0v) is 14.3. The number of nitrogens with one attached hydrogen (secondary N) is 1. The van der Waals surface area contributed by atoms with Crippen molar-refractivity contribution in [2.24, 2.45) is 10.9 Å². The second kappa shape index (κ2) is 6.64. The summed E-state index contributed by atoms with van der Waals surface area (Å²) < 4.78 is 0.865. The number of nitrogens with zero attached hydrogens (tertiary/aromatic N) is 1. The van der Waals surface area contributed by atoms with E-state index in [1.54, 1.807) is 24.3 Å². The fourth-order valence-electron chi connectivity index (χ4n) is 2.31. The first-order chi connectivity index (χ1) is 11.0. The Labute approximate surface area is 146 Å². The van der Waals surface area contributed by atoms with Crippen molar-refractivity contribution in [1.82, 2.24) is 5.32 Å². The molecule has 1 heterocycles. The number of rotatable bonds is 3. The van der Waals surface area contributed by atoms with E-state index in [0.717, 1.165) is 15.3 Å². The van der Waals surface area contributed by atoms with E-state index in [1.165, 1.54) is 0 Å². The highest BCUT2D eigenvalue weighted by Gasteiger charge is 2.25. The molecule has 0 radical (unpaired) electrons. The Kier molecular flexibility index (Phi) is 4.59. The van der Waals surface area contributed by atoms with Crippen molar-refractivity contribution in [2.45, 2.75) is 6.54 Å². The van der Waals surface area contributed by atoms with Gasteiger partial charge in [-0.15, -0.1) is 0 Å². The van der Waals surface area contributed by atoms with Crippen molar-refractivity contribution >= 4 is 45.4 Å². The third-order valence-electron chi connectivity index (χ3n) is 3.53. The number of amides is 2. The minimum atomic E-state index is -0.904. The summed E-state index contributed by atoms with van der Waals surface area (Å²) in [5.74, 6) is -1.74. The summed E-state index contributed by atoms with van der Waals surface area (Å²) in [6.07, 6.45) is 1.64. The number of fused-ring (bicyclic) bond motifs is 1. The van der Waals surface area contributed by atoms with Gasteiger partial charge < -0.3 is 5.32 Å². The number of para-hydroxylation sites is 1. The lowest BCUT2D eigenvalue weighted by Crippen LogP contribution is -2.40. The van der Waals surface area contributed by atoms with E-state index in [-0.39, 0.29) is 12.5 Å². The van der Waals surface area contributed by atoms with Crippen LogP contribution in [0, 0.1) is 5.92 Å². The van der Waals surface area contributed by atoms with Crippen LogP contribution in [-0.2, 0) is 16.1 Å². The molecule has 3 rings (SSSR count). The van der Waals surface area contributed by atoms with Crippen molar-refractivity contribution < 1.29 is 9.59 Å². The van der Waals surface area contributed by atoms with Crippen molar-refractivity contribution in [3.63, 3.8) is 0 Å². The molecule has 0 fully saturated rings. The molecule has 23 heavy (non-hydrogen) atoms. The van der Waals surface area contributed by atoms with Crippen LogP contribution < -0.4 is 15.9 Å². The van der Waals surface area contributed by atoms with E-state index in [4.69, 9.17) is 11.6 Å². The molecule has 1 unspecified atom stereocenters. The summed E-state index contributed by atoms with van der Waals surface area (Å²) in [6, 6.07) is 12.6.